The van der Waals surface area contributed by atoms with Crippen molar-refractivity contribution in [3.63, 3.8) is 0 Å². The lowest BCUT2D eigenvalue weighted by Gasteiger charge is -2.09. The van der Waals surface area contributed by atoms with Crippen molar-refractivity contribution in [2.24, 2.45) is 14.1 Å². The number of nitrogens with zero attached hydrogens (tertiary/aromatic N) is 6. The van der Waals surface area contributed by atoms with Crippen LogP contribution in [-0.2, 0) is 38.4 Å². The first-order chi connectivity index (χ1) is 13.3. The molecular weight excluding hydrogens is 366 g/mol. The first kappa shape index (κ1) is 19.3. The van der Waals surface area contributed by atoms with Gasteiger partial charge in [-0.1, -0.05) is 6.92 Å². The number of rotatable bonds is 6. The van der Waals surface area contributed by atoms with E-state index in [1.54, 1.807) is 0 Å². The number of aromatic nitrogens is 6. The van der Waals surface area contributed by atoms with Gasteiger partial charge < -0.3 is 9.88 Å². The topological polar surface area (TPSA) is 126 Å². The van der Waals surface area contributed by atoms with E-state index in [-0.39, 0.29) is 42.3 Å². The van der Waals surface area contributed by atoms with Gasteiger partial charge in [-0.25, -0.2) is 14.8 Å². The number of amides is 1. The van der Waals surface area contributed by atoms with Crippen LogP contribution >= 0.6 is 0 Å². The van der Waals surface area contributed by atoms with Gasteiger partial charge in [0.05, 0.1) is 12.7 Å². The van der Waals surface area contributed by atoms with E-state index in [9.17, 15) is 19.2 Å². The summed E-state index contributed by atoms with van der Waals surface area (Å²) in [6.07, 6.45) is 3.49. The number of carbonyl (C=O) groups is 1. The quantitative estimate of drug-likeness (QED) is 0.541. The normalized spacial score (nSPS) is 11.1. The second-order valence-electron chi connectivity index (χ2n) is 6.37. The van der Waals surface area contributed by atoms with Gasteiger partial charge in [-0.3, -0.25) is 28.1 Å². The van der Waals surface area contributed by atoms with Crippen LogP contribution < -0.4 is 22.1 Å². The minimum absolute atomic E-state index is 0.133. The fraction of sp³-hybridized carbons (Fsp3) is 0.412. The van der Waals surface area contributed by atoms with E-state index in [4.69, 9.17) is 0 Å². The monoisotopic (exact) mass is 387 g/mol. The lowest BCUT2D eigenvalue weighted by Crippen LogP contribution is -2.38. The van der Waals surface area contributed by atoms with Crippen molar-refractivity contribution < 1.29 is 4.79 Å². The lowest BCUT2D eigenvalue weighted by atomic mass is 10.3. The Bertz CT molecular complexity index is 1210. The maximum atomic E-state index is 12.4. The minimum Gasteiger partial charge on any atom is -0.353 e. The number of imidazole rings is 1. The van der Waals surface area contributed by atoms with E-state index in [2.05, 4.69) is 15.3 Å². The predicted octanol–water partition coefficient (Wildman–Crippen LogP) is -1.63. The van der Waals surface area contributed by atoms with Crippen LogP contribution in [0.2, 0.25) is 0 Å². The standard InChI is InChI=1S/C17H21N7O4/c1-4-11-7-13(26)23(9-19-11)6-5-18-12(25)8-24-10-20-15-14(24)16(27)22(3)17(28)21(15)2/h7,9-10H,4-6,8H2,1-3H3,(H,18,25). The highest BCUT2D eigenvalue weighted by Crippen LogP contribution is 2.04. The Morgan fingerprint density at radius 1 is 1.07 bits per heavy atom. The highest BCUT2D eigenvalue weighted by atomic mass is 16.2. The summed E-state index contributed by atoms with van der Waals surface area (Å²) in [4.78, 5) is 56.7. The van der Waals surface area contributed by atoms with E-state index in [0.717, 1.165) is 4.57 Å². The van der Waals surface area contributed by atoms with E-state index >= 15 is 0 Å². The Morgan fingerprint density at radius 2 is 1.79 bits per heavy atom. The predicted molar refractivity (Wildman–Crippen MR) is 101 cm³/mol. The molecule has 0 bridgehead atoms. The zero-order chi connectivity index (χ0) is 20.4. The lowest BCUT2D eigenvalue weighted by molar-refractivity contribution is -0.121. The van der Waals surface area contributed by atoms with Crippen molar-refractivity contribution in [2.75, 3.05) is 6.54 Å². The van der Waals surface area contributed by atoms with E-state index < -0.39 is 11.2 Å². The minimum atomic E-state index is -0.517. The van der Waals surface area contributed by atoms with Crippen LogP contribution in [0.15, 0.2) is 33.1 Å². The van der Waals surface area contributed by atoms with Gasteiger partial charge in [0.15, 0.2) is 11.2 Å². The molecule has 1 N–H and O–H groups in total. The van der Waals surface area contributed by atoms with Crippen molar-refractivity contribution in [3.8, 4) is 0 Å². The number of carbonyl (C=O) groups excluding carboxylic acids is 1. The highest BCUT2D eigenvalue weighted by Gasteiger charge is 2.15. The smallest absolute Gasteiger partial charge is 0.332 e. The zero-order valence-corrected chi connectivity index (χ0v) is 15.9. The molecule has 0 saturated heterocycles. The van der Waals surface area contributed by atoms with Gasteiger partial charge in [-0.15, -0.1) is 0 Å². The Labute approximate surface area is 158 Å². The van der Waals surface area contributed by atoms with Gasteiger partial charge in [0.25, 0.3) is 11.1 Å². The fourth-order valence-electron chi connectivity index (χ4n) is 2.87. The van der Waals surface area contributed by atoms with Crippen molar-refractivity contribution in [1.29, 1.82) is 0 Å². The van der Waals surface area contributed by atoms with Crippen molar-refractivity contribution in [1.82, 2.24) is 33.6 Å². The van der Waals surface area contributed by atoms with Gasteiger partial charge in [0, 0.05) is 38.9 Å². The van der Waals surface area contributed by atoms with Crippen LogP contribution in [0.4, 0.5) is 0 Å². The molecule has 11 heteroatoms. The summed E-state index contributed by atoms with van der Waals surface area (Å²) in [5.74, 6) is -0.346. The molecule has 0 radical (unpaired) electrons. The van der Waals surface area contributed by atoms with E-state index in [1.807, 2.05) is 6.92 Å². The van der Waals surface area contributed by atoms with Crippen LogP contribution in [-0.4, -0.2) is 40.7 Å². The average Bonchev–Trinajstić information content (AvgIpc) is 3.09. The van der Waals surface area contributed by atoms with Crippen molar-refractivity contribution in [2.45, 2.75) is 26.4 Å². The summed E-state index contributed by atoms with van der Waals surface area (Å²) in [6, 6.07) is 1.47. The highest BCUT2D eigenvalue weighted by molar-refractivity contribution is 5.78. The van der Waals surface area contributed by atoms with Crippen LogP contribution in [0, 0.1) is 0 Å². The summed E-state index contributed by atoms with van der Waals surface area (Å²) in [7, 11) is 2.88. The summed E-state index contributed by atoms with van der Waals surface area (Å²) in [5, 5.41) is 2.70. The molecule has 3 aromatic rings. The summed E-state index contributed by atoms with van der Waals surface area (Å²) in [6.45, 7) is 2.29. The molecule has 148 valence electrons. The Kier molecular flexibility index (Phi) is 5.25. The average molecular weight is 387 g/mol. The molecule has 0 saturated carbocycles. The second kappa shape index (κ2) is 7.62. The fourth-order valence-corrected chi connectivity index (χ4v) is 2.87. The first-order valence-corrected chi connectivity index (χ1v) is 8.76. The molecule has 3 aromatic heterocycles. The number of aryl methyl sites for hydroxylation is 2. The molecule has 0 aliphatic heterocycles. The first-order valence-electron chi connectivity index (χ1n) is 8.76. The molecular formula is C17H21N7O4. The zero-order valence-electron chi connectivity index (χ0n) is 15.9. The van der Waals surface area contributed by atoms with Gasteiger partial charge in [-0.2, -0.15) is 0 Å². The molecule has 11 nitrogen and oxygen atoms in total. The molecule has 28 heavy (non-hydrogen) atoms. The third kappa shape index (κ3) is 3.50. The molecule has 0 aliphatic rings. The molecule has 0 aromatic carbocycles. The molecule has 0 fully saturated rings. The summed E-state index contributed by atoms with van der Waals surface area (Å²) >= 11 is 0. The molecule has 3 heterocycles. The summed E-state index contributed by atoms with van der Waals surface area (Å²) < 4.78 is 5.04. The third-order valence-electron chi connectivity index (χ3n) is 4.50. The molecule has 0 atom stereocenters. The molecule has 3 rings (SSSR count). The second-order valence-corrected chi connectivity index (χ2v) is 6.37. The van der Waals surface area contributed by atoms with Crippen molar-refractivity contribution in [3.05, 3.63) is 55.6 Å². The summed E-state index contributed by atoms with van der Waals surface area (Å²) in [5.41, 5.74) is -0.0679. The maximum absolute atomic E-state index is 12.4. The maximum Gasteiger partial charge on any atom is 0.332 e. The van der Waals surface area contributed by atoms with Crippen LogP contribution in [0.1, 0.15) is 12.6 Å². The van der Waals surface area contributed by atoms with Crippen LogP contribution in [0.3, 0.4) is 0 Å². The number of hydrogen-bond donors (Lipinski definition) is 1. The van der Waals surface area contributed by atoms with Crippen LogP contribution in [0.25, 0.3) is 11.2 Å². The van der Waals surface area contributed by atoms with E-state index in [0.29, 0.717) is 12.1 Å². The van der Waals surface area contributed by atoms with Crippen molar-refractivity contribution >= 4 is 17.1 Å². The Balaban J connectivity index is 1.70. The van der Waals surface area contributed by atoms with Gasteiger partial charge >= 0.3 is 5.69 Å². The van der Waals surface area contributed by atoms with Gasteiger partial charge in [0.2, 0.25) is 5.91 Å². The van der Waals surface area contributed by atoms with Gasteiger partial charge in [-0.05, 0) is 6.42 Å². The SMILES string of the molecule is CCc1cc(=O)n(CCNC(=O)Cn2cnc3c2c(=O)n(C)c(=O)n3C)cn1. The number of fused-ring (bicyclic) bond motifs is 1. The molecule has 1 amide bonds. The molecule has 0 aliphatic carbocycles. The van der Waals surface area contributed by atoms with E-state index in [1.165, 1.54) is 46.5 Å². The molecule has 0 spiro atoms. The number of nitrogens with one attached hydrogen (secondary N) is 1. The molecule has 0 unspecified atom stereocenters. The van der Waals surface area contributed by atoms with Gasteiger partial charge in [0.1, 0.15) is 6.54 Å². The largest absolute Gasteiger partial charge is 0.353 e. The third-order valence-corrected chi connectivity index (χ3v) is 4.50. The van der Waals surface area contributed by atoms with Crippen LogP contribution in [0.5, 0.6) is 0 Å². The number of hydrogen-bond acceptors (Lipinski definition) is 6. The Morgan fingerprint density at radius 3 is 2.46 bits per heavy atom. The Hall–Kier alpha value is -3.50.